The number of thioether (sulfide) groups is 1. The van der Waals surface area contributed by atoms with Crippen molar-refractivity contribution in [1.29, 1.82) is 0 Å². The highest BCUT2D eigenvalue weighted by Crippen LogP contribution is 2.31. The van der Waals surface area contributed by atoms with Crippen LogP contribution in [0.15, 0.2) is 14.7 Å². The predicted octanol–water partition coefficient (Wildman–Crippen LogP) is 2.65. The third-order valence-electron chi connectivity index (χ3n) is 2.59. The minimum atomic E-state index is -3.42. The molecule has 0 fully saturated rings. The van der Waals surface area contributed by atoms with Gasteiger partial charge in [0.1, 0.15) is 4.90 Å². The van der Waals surface area contributed by atoms with Crippen molar-refractivity contribution in [1.82, 2.24) is 10.0 Å². The van der Waals surface area contributed by atoms with Crippen molar-refractivity contribution in [3.05, 3.63) is 14.7 Å². The second-order valence-electron chi connectivity index (χ2n) is 4.11. The van der Waals surface area contributed by atoms with Crippen LogP contribution in [0.3, 0.4) is 0 Å². The lowest BCUT2D eigenvalue weighted by Gasteiger charge is -2.09. The average Bonchev–Trinajstić information content (AvgIpc) is 2.71. The molecule has 0 spiro atoms. The molecule has 0 aliphatic carbocycles. The maximum absolute atomic E-state index is 12.2. The molecule has 19 heavy (non-hydrogen) atoms. The Morgan fingerprint density at radius 3 is 2.79 bits per heavy atom. The molecule has 2 N–H and O–H groups in total. The van der Waals surface area contributed by atoms with Gasteiger partial charge < -0.3 is 5.32 Å². The molecule has 4 nitrogen and oxygen atoms in total. The van der Waals surface area contributed by atoms with E-state index in [9.17, 15) is 8.42 Å². The van der Waals surface area contributed by atoms with Gasteiger partial charge in [0.25, 0.3) is 0 Å². The standard InChI is InChI=1S/C11H19BrN2O2S3/c1-8(17-3)4-5-14-19(15,16)10-6-9(7-13-2)18-11(10)12/h6,8,13-14H,4-5,7H2,1-3H3. The van der Waals surface area contributed by atoms with Crippen LogP contribution in [0.2, 0.25) is 0 Å². The molecular weight excluding hydrogens is 368 g/mol. The van der Waals surface area contributed by atoms with Crippen molar-refractivity contribution in [3.63, 3.8) is 0 Å². The smallest absolute Gasteiger partial charge is 0.242 e. The summed E-state index contributed by atoms with van der Waals surface area (Å²) in [6.45, 7) is 3.22. The van der Waals surface area contributed by atoms with Gasteiger partial charge in [-0.2, -0.15) is 11.8 Å². The lowest BCUT2D eigenvalue weighted by Crippen LogP contribution is -2.26. The summed E-state index contributed by atoms with van der Waals surface area (Å²) < 4.78 is 27.7. The summed E-state index contributed by atoms with van der Waals surface area (Å²) in [5.41, 5.74) is 0. The van der Waals surface area contributed by atoms with Gasteiger partial charge in [-0.1, -0.05) is 6.92 Å². The van der Waals surface area contributed by atoms with E-state index in [1.807, 2.05) is 13.3 Å². The molecule has 1 aromatic rings. The van der Waals surface area contributed by atoms with Crippen LogP contribution in [0.25, 0.3) is 0 Å². The summed E-state index contributed by atoms with van der Waals surface area (Å²) in [4.78, 5) is 1.33. The van der Waals surface area contributed by atoms with Gasteiger partial charge in [-0.3, -0.25) is 0 Å². The summed E-state index contributed by atoms with van der Waals surface area (Å²) in [5.74, 6) is 0. The van der Waals surface area contributed by atoms with Crippen LogP contribution in [-0.2, 0) is 16.6 Å². The fraction of sp³-hybridized carbons (Fsp3) is 0.636. The number of hydrogen-bond acceptors (Lipinski definition) is 5. The highest BCUT2D eigenvalue weighted by molar-refractivity contribution is 9.11. The Morgan fingerprint density at radius 1 is 1.53 bits per heavy atom. The van der Waals surface area contributed by atoms with Crippen LogP contribution in [0.4, 0.5) is 0 Å². The van der Waals surface area contributed by atoms with Crippen molar-refractivity contribution >= 4 is 49.1 Å². The monoisotopic (exact) mass is 386 g/mol. The van der Waals surface area contributed by atoms with Crippen LogP contribution in [-0.4, -0.2) is 33.5 Å². The molecular formula is C11H19BrN2O2S3. The fourth-order valence-corrected chi connectivity index (χ4v) is 5.53. The van der Waals surface area contributed by atoms with Gasteiger partial charge in [0.15, 0.2) is 0 Å². The molecule has 0 saturated carbocycles. The summed E-state index contributed by atoms with van der Waals surface area (Å²) in [7, 11) is -1.58. The quantitative estimate of drug-likeness (QED) is 0.720. The zero-order chi connectivity index (χ0) is 14.5. The largest absolute Gasteiger partial charge is 0.315 e. The zero-order valence-electron chi connectivity index (χ0n) is 11.2. The van der Waals surface area contributed by atoms with Gasteiger partial charge in [-0.05, 0) is 41.7 Å². The average molecular weight is 387 g/mol. The first-order valence-corrected chi connectivity index (χ1v) is 10.2. The highest BCUT2D eigenvalue weighted by Gasteiger charge is 2.20. The molecule has 1 unspecified atom stereocenters. The number of nitrogens with one attached hydrogen (secondary N) is 2. The van der Waals surface area contributed by atoms with Crippen molar-refractivity contribution in [2.24, 2.45) is 0 Å². The number of thiophene rings is 1. The van der Waals surface area contributed by atoms with Crippen LogP contribution < -0.4 is 10.0 Å². The molecule has 110 valence electrons. The van der Waals surface area contributed by atoms with Gasteiger partial charge in [-0.25, -0.2) is 13.1 Å². The molecule has 0 radical (unpaired) electrons. The van der Waals surface area contributed by atoms with Crippen LogP contribution in [0.1, 0.15) is 18.2 Å². The Balaban J connectivity index is 2.71. The first-order valence-electron chi connectivity index (χ1n) is 5.86. The van der Waals surface area contributed by atoms with E-state index in [4.69, 9.17) is 0 Å². The zero-order valence-corrected chi connectivity index (χ0v) is 15.2. The van der Waals surface area contributed by atoms with E-state index in [0.717, 1.165) is 11.3 Å². The molecule has 1 atom stereocenters. The number of sulfonamides is 1. The SMILES string of the molecule is CNCc1cc(S(=O)(=O)NCCC(C)SC)c(Br)s1. The van der Waals surface area contributed by atoms with E-state index in [1.54, 1.807) is 17.8 Å². The van der Waals surface area contributed by atoms with E-state index < -0.39 is 10.0 Å². The van der Waals surface area contributed by atoms with E-state index in [1.165, 1.54) is 11.3 Å². The number of halogens is 1. The second-order valence-corrected chi connectivity index (χ2v) is 9.58. The molecule has 0 aliphatic heterocycles. The summed E-state index contributed by atoms with van der Waals surface area (Å²) in [5, 5.41) is 3.47. The van der Waals surface area contributed by atoms with Crippen molar-refractivity contribution < 1.29 is 8.42 Å². The van der Waals surface area contributed by atoms with Gasteiger partial charge in [0, 0.05) is 23.2 Å². The van der Waals surface area contributed by atoms with E-state index in [-0.39, 0.29) is 0 Å². The maximum atomic E-state index is 12.2. The number of hydrogen-bond donors (Lipinski definition) is 2. The van der Waals surface area contributed by atoms with Gasteiger partial charge in [0.05, 0.1) is 3.79 Å². The second kappa shape index (κ2) is 7.99. The normalized spacial score (nSPS) is 13.7. The van der Waals surface area contributed by atoms with Crippen molar-refractivity contribution in [2.45, 2.75) is 30.0 Å². The minimum absolute atomic E-state index is 0.333. The van der Waals surface area contributed by atoms with Crippen molar-refractivity contribution in [2.75, 3.05) is 19.8 Å². The van der Waals surface area contributed by atoms with Crippen LogP contribution in [0.5, 0.6) is 0 Å². The fourth-order valence-electron chi connectivity index (χ4n) is 1.43. The molecule has 0 saturated heterocycles. The Hall–Kier alpha value is 0.400. The Labute approximate surface area is 131 Å². The van der Waals surface area contributed by atoms with Gasteiger partial charge in [-0.15, -0.1) is 11.3 Å². The number of rotatable bonds is 8. The Bertz CT molecular complexity index is 502. The van der Waals surface area contributed by atoms with Crippen LogP contribution in [0, 0.1) is 0 Å². The third kappa shape index (κ3) is 5.35. The van der Waals surface area contributed by atoms with E-state index in [2.05, 4.69) is 32.9 Å². The molecule has 1 rings (SSSR count). The Kier molecular flexibility index (Phi) is 7.34. The molecule has 0 aliphatic rings. The third-order valence-corrected chi connectivity index (χ3v) is 7.35. The van der Waals surface area contributed by atoms with Gasteiger partial charge in [0.2, 0.25) is 10.0 Å². The predicted molar refractivity (Wildman–Crippen MR) is 87.6 cm³/mol. The molecule has 1 heterocycles. The molecule has 0 bridgehead atoms. The van der Waals surface area contributed by atoms with Gasteiger partial charge >= 0.3 is 0 Å². The van der Waals surface area contributed by atoms with E-state index in [0.29, 0.717) is 27.0 Å². The molecule has 1 aromatic heterocycles. The maximum Gasteiger partial charge on any atom is 0.242 e. The summed E-state index contributed by atoms with van der Waals surface area (Å²) in [6, 6.07) is 1.71. The molecule has 0 amide bonds. The molecule has 0 aromatic carbocycles. The summed E-state index contributed by atoms with van der Waals surface area (Å²) in [6.07, 6.45) is 2.85. The first-order chi connectivity index (χ1) is 8.90. The summed E-state index contributed by atoms with van der Waals surface area (Å²) >= 11 is 6.50. The lowest BCUT2D eigenvalue weighted by atomic mass is 10.3. The highest BCUT2D eigenvalue weighted by atomic mass is 79.9. The van der Waals surface area contributed by atoms with Crippen molar-refractivity contribution in [3.8, 4) is 0 Å². The Morgan fingerprint density at radius 2 is 2.21 bits per heavy atom. The molecule has 8 heteroatoms. The topological polar surface area (TPSA) is 58.2 Å². The van der Waals surface area contributed by atoms with Crippen LogP contribution >= 0.6 is 39.0 Å². The first kappa shape index (κ1) is 17.5. The minimum Gasteiger partial charge on any atom is -0.315 e. The lowest BCUT2D eigenvalue weighted by molar-refractivity contribution is 0.579. The van der Waals surface area contributed by atoms with E-state index >= 15 is 0 Å².